The molecule has 0 heterocycles. The maximum absolute atomic E-state index is 14.0. The second kappa shape index (κ2) is 4.50. The average molecular weight is 230 g/mol. The first-order chi connectivity index (χ1) is 6.88. The fourth-order valence-electron chi connectivity index (χ4n) is 1.71. The summed E-state index contributed by atoms with van der Waals surface area (Å²) < 4.78 is 14.0. The third kappa shape index (κ3) is 2.70. The lowest BCUT2D eigenvalue weighted by molar-refractivity contribution is 0.219. The smallest absolute Gasteiger partial charge is 0.132 e. The first-order valence-electron chi connectivity index (χ1n) is 5.05. The molecule has 2 N–H and O–H groups in total. The van der Waals surface area contributed by atoms with Crippen LogP contribution in [-0.2, 0) is 5.67 Å². The van der Waals surface area contributed by atoms with Gasteiger partial charge in [0, 0.05) is 10.6 Å². The summed E-state index contributed by atoms with van der Waals surface area (Å²) in [6.45, 7) is 5.49. The highest BCUT2D eigenvalue weighted by Gasteiger charge is 2.26. The van der Waals surface area contributed by atoms with Crippen molar-refractivity contribution < 1.29 is 4.39 Å². The molecule has 15 heavy (non-hydrogen) atoms. The fourth-order valence-corrected chi connectivity index (χ4v) is 2.11. The molecule has 0 aliphatic carbocycles. The van der Waals surface area contributed by atoms with E-state index in [1.807, 2.05) is 19.1 Å². The Morgan fingerprint density at radius 2 is 2.07 bits per heavy atom. The largest absolute Gasteiger partial charge is 0.330 e. The van der Waals surface area contributed by atoms with Gasteiger partial charge in [-0.1, -0.05) is 30.7 Å². The van der Waals surface area contributed by atoms with Gasteiger partial charge in [-0.05, 0) is 37.9 Å². The van der Waals surface area contributed by atoms with Crippen LogP contribution in [0.2, 0.25) is 5.02 Å². The molecular weight excluding hydrogens is 213 g/mol. The van der Waals surface area contributed by atoms with E-state index in [2.05, 4.69) is 0 Å². The zero-order chi connectivity index (χ0) is 11.6. The number of rotatable bonds is 3. The summed E-state index contributed by atoms with van der Waals surface area (Å²) in [4.78, 5) is 0. The topological polar surface area (TPSA) is 26.0 Å². The summed E-state index contributed by atoms with van der Waals surface area (Å²) in [6.07, 6.45) is 0. The Kier molecular flexibility index (Phi) is 3.74. The molecule has 84 valence electrons. The van der Waals surface area contributed by atoms with Gasteiger partial charge in [0.05, 0.1) is 0 Å². The molecule has 3 heteroatoms. The number of halogens is 2. The second-order valence-corrected chi connectivity index (χ2v) is 4.72. The molecule has 1 rings (SSSR count). The van der Waals surface area contributed by atoms with Gasteiger partial charge in [-0.3, -0.25) is 0 Å². The van der Waals surface area contributed by atoms with Crippen molar-refractivity contribution in [3.8, 4) is 0 Å². The molecule has 0 saturated carbocycles. The molecule has 0 fully saturated rings. The van der Waals surface area contributed by atoms with E-state index in [1.165, 1.54) is 13.8 Å². The molecule has 1 nitrogen and oxygen atoms in total. The number of alkyl halides is 1. The molecule has 0 radical (unpaired) electrons. The highest BCUT2D eigenvalue weighted by atomic mass is 35.5. The van der Waals surface area contributed by atoms with Crippen LogP contribution in [0.25, 0.3) is 0 Å². The van der Waals surface area contributed by atoms with E-state index in [0.717, 1.165) is 5.56 Å². The molecular formula is C12H17ClFN. The standard InChI is InChI=1S/C12H17ClFN/c1-8(7-15)9-5-4-6-10(13)11(9)12(2,3)14/h4-6,8H,7,15H2,1-3H3. The van der Waals surface area contributed by atoms with Crippen LogP contribution in [0.4, 0.5) is 4.39 Å². The molecule has 0 amide bonds. The Morgan fingerprint density at radius 3 is 2.53 bits per heavy atom. The monoisotopic (exact) mass is 229 g/mol. The molecule has 1 aromatic carbocycles. The van der Waals surface area contributed by atoms with Gasteiger partial charge in [-0.25, -0.2) is 4.39 Å². The van der Waals surface area contributed by atoms with E-state index in [0.29, 0.717) is 17.1 Å². The van der Waals surface area contributed by atoms with E-state index < -0.39 is 5.67 Å². The van der Waals surface area contributed by atoms with Gasteiger partial charge in [-0.2, -0.15) is 0 Å². The van der Waals surface area contributed by atoms with Crippen molar-refractivity contribution in [2.24, 2.45) is 5.73 Å². The Morgan fingerprint density at radius 1 is 1.47 bits per heavy atom. The fraction of sp³-hybridized carbons (Fsp3) is 0.500. The summed E-state index contributed by atoms with van der Waals surface area (Å²) in [6, 6.07) is 5.43. The summed E-state index contributed by atoms with van der Waals surface area (Å²) in [5.41, 5.74) is 5.63. The summed E-state index contributed by atoms with van der Waals surface area (Å²) >= 11 is 6.03. The molecule has 1 aromatic rings. The van der Waals surface area contributed by atoms with Crippen LogP contribution in [0, 0.1) is 0 Å². The number of hydrogen-bond donors (Lipinski definition) is 1. The van der Waals surface area contributed by atoms with Crippen molar-refractivity contribution >= 4 is 11.6 Å². The highest BCUT2D eigenvalue weighted by Crippen LogP contribution is 2.36. The third-order valence-corrected chi connectivity index (χ3v) is 2.84. The first-order valence-corrected chi connectivity index (χ1v) is 5.43. The van der Waals surface area contributed by atoms with E-state index in [1.54, 1.807) is 6.07 Å². The maximum Gasteiger partial charge on any atom is 0.132 e. The molecule has 0 saturated heterocycles. The van der Waals surface area contributed by atoms with Crippen molar-refractivity contribution in [2.75, 3.05) is 6.54 Å². The first kappa shape index (κ1) is 12.5. The lowest BCUT2D eigenvalue weighted by Gasteiger charge is -2.23. The Labute approximate surface area is 95.4 Å². The van der Waals surface area contributed by atoms with E-state index >= 15 is 0 Å². The predicted octanol–water partition coefficient (Wildman–Crippen LogP) is 3.61. The van der Waals surface area contributed by atoms with Gasteiger partial charge in [-0.15, -0.1) is 0 Å². The van der Waals surface area contributed by atoms with Crippen LogP contribution in [0.1, 0.15) is 37.8 Å². The van der Waals surface area contributed by atoms with Crippen LogP contribution in [0.5, 0.6) is 0 Å². The van der Waals surface area contributed by atoms with E-state index in [9.17, 15) is 4.39 Å². The quantitative estimate of drug-likeness (QED) is 0.842. The number of benzene rings is 1. The predicted molar refractivity (Wildman–Crippen MR) is 63.1 cm³/mol. The lowest BCUT2D eigenvalue weighted by Crippen LogP contribution is -2.18. The summed E-state index contributed by atoms with van der Waals surface area (Å²) in [7, 11) is 0. The van der Waals surface area contributed by atoms with Crippen LogP contribution in [0.15, 0.2) is 18.2 Å². The number of nitrogens with two attached hydrogens (primary N) is 1. The van der Waals surface area contributed by atoms with Crippen molar-refractivity contribution in [2.45, 2.75) is 32.4 Å². The van der Waals surface area contributed by atoms with Gasteiger partial charge in [0.2, 0.25) is 0 Å². The van der Waals surface area contributed by atoms with Crippen LogP contribution >= 0.6 is 11.6 Å². The molecule has 1 unspecified atom stereocenters. The Balaban J connectivity index is 3.33. The maximum atomic E-state index is 14.0. The van der Waals surface area contributed by atoms with Crippen LogP contribution in [-0.4, -0.2) is 6.54 Å². The van der Waals surface area contributed by atoms with Gasteiger partial charge in [0.15, 0.2) is 0 Å². The molecule has 0 aliphatic rings. The normalized spacial score (nSPS) is 14.0. The average Bonchev–Trinajstić information content (AvgIpc) is 2.14. The van der Waals surface area contributed by atoms with Crippen molar-refractivity contribution in [3.63, 3.8) is 0 Å². The van der Waals surface area contributed by atoms with Gasteiger partial charge in [0.1, 0.15) is 5.67 Å². The van der Waals surface area contributed by atoms with Gasteiger partial charge >= 0.3 is 0 Å². The zero-order valence-corrected chi connectivity index (χ0v) is 10.1. The second-order valence-electron chi connectivity index (χ2n) is 4.31. The molecule has 0 bridgehead atoms. The van der Waals surface area contributed by atoms with Gasteiger partial charge in [0.25, 0.3) is 0 Å². The third-order valence-electron chi connectivity index (χ3n) is 2.52. The van der Waals surface area contributed by atoms with Crippen LogP contribution in [0.3, 0.4) is 0 Å². The Hall–Kier alpha value is -0.600. The minimum atomic E-state index is -1.43. The number of hydrogen-bond acceptors (Lipinski definition) is 1. The molecule has 0 aromatic heterocycles. The van der Waals surface area contributed by atoms with Crippen molar-refractivity contribution in [3.05, 3.63) is 34.3 Å². The summed E-state index contributed by atoms with van der Waals surface area (Å²) in [5.74, 6) is 0.119. The Bertz CT molecular complexity index is 344. The lowest BCUT2D eigenvalue weighted by atomic mass is 9.88. The van der Waals surface area contributed by atoms with Gasteiger partial charge < -0.3 is 5.73 Å². The highest BCUT2D eigenvalue weighted by molar-refractivity contribution is 6.31. The molecule has 0 aliphatic heterocycles. The SMILES string of the molecule is CC(CN)c1cccc(Cl)c1C(C)(C)F. The zero-order valence-electron chi connectivity index (χ0n) is 9.35. The summed E-state index contributed by atoms with van der Waals surface area (Å²) in [5, 5.41) is 0.473. The van der Waals surface area contributed by atoms with Crippen molar-refractivity contribution in [1.82, 2.24) is 0 Å². The van der Waals surface area contributed by atoms with E-state index in [4.69, 9.17) is 17.3 Å². The minimum absolute atomic E-state index is 0.119. The molecule has 1 atom stereocenters. The van der Waals surface area contributed by atoms with Crippen molar-refractivity contribution in [1.29, 1.82) is 0 Å². The minimum Gasteiger partial charge on any atom is -0.330 e. The van der Waals surface area contributed by atoms with E-state index in [-0.39, 0.29) is 5.92 Å². The van der Waals surface area contributed by atoms with Crippen LogP contribution < -0.4 is 5.73 Å². The molecule has 0 spiro atoms.